The van der Waals surface area contributed by atoms with E-state index in [9.17, 15) is 8.42 Å². The molecule has 0 atom stereocenters. The summed E-state index contributed by atoms with van der Waals surface area (Å²) < 4.78 is 21.5. The van der Waals surface area contributed by atoms with Gasteiger partial charge in [-0.3, -0.25) is 0 Å². The van der Waals surface area contributed by atoms with Gasteiger partial charge in [-0.2, -0.15) is 0 Å². The topological polar surface area (TPSA) is 34.1 Å². The van der Waals surface area contributed by atoms with Crippen molar-refractivity contribution in [3.8, 4) is 0 Å². The van der Waals surface area contributed by atoms with E-state index in [1.54, 1.807) is 0 Å². The van der Waals surface area contributed by atoms with E-state index < -0.39 is 22.1 Å². The molecule has 0 N–H and O–H groups in total. The Kier molecular flexibility index (Phi) is 5.31. The van der Waals surface area contributed by atoms with Crippen LogP contribution in [0.15, 0.2) is 24.3 Å². The van der Waals surface area contributed by atoms with Crippen molar-refractivity contribution in [2.45, 2.75) is 23.6 Å². The van der Waals surface area contributed by atoms with Crippen LogP contribution < -0.4 is 0 Å². The second-order valence-corrected chi connectivity index (χ2v) is 11.9. The molecule has 0 fully saturated rings. The molecule has 0 aliphatic rings. The minimum absolute atomic E-state index is 0.682. The zero-order valence-corrected chi connectivity index (χ0v) is 12.7. The molecule has 0 bridgehead atoms. The minimum atomic E-state index is -3.21. The Bertz CT molecular complexity index is 429. The van der Waals surface area contributed by atoms with E-state index in [2.05, 4.69) is 0 Å². The van der Waals surface area contributed by atoms with E-state index in [1.807, 2.05) is 31.2 Å². The Morgan fingerprint density at radius 3 is 2.31 bits per heavy atom. The number of halogens is 2. The third-order valence-corrected chi connectivity index (χ3v) is 10.5. The van der Waals surface area contributed by atoms with Crippen molar-refractivity contribution in [2.75, 3.05) is 0 Å². The van der Waals surface area contributed by atoms with E-state index in [0.717, 1.165) is 12.0 Å². The predicted molar refractivity (Wildman–Crippen MR) is 72.6 cm³/mol. The maximum Gasteiger partial charge on any atom is 0.201 e. The molecule has 16 heavy (non-hydrogen) atoms. The van der Waals surface area contributed by atoms with E-state index in [4.69, 9.17) is 23.2 Å². The summed E-state index contributed by atoms with van der Waals surface area (Å²) in [7, 11) is -4.46. The highest BCUT2D eigenvalue weighted by Crippen LogP contribution is 2.13. The lowest BCUT2D eigenvalue weighted by atomic mass is 10.1. The van der Waals surface area contributed by atoms with Crippen LogP contribution in [0.5, 0.6) is 0 Å². The normalized spacial score (nSPS) is 12.8. The van der Waals surface area contributed by atoms with Gasteiger partial charge in [0.05, 0.1) is 0 Å². The Labute approximate surface area is 108 Å². The Morgan fingerprint density at radius 1 is 1.25 bits per heavy atom. The SMILES string of the molecule is Cc1ccc(CC[SiH2]S(=O)(=O)C(Cl)Cl)cc1. The van der Waals surface area contributed by atoms with Crippen molar-refractivity contribution in [1.29, 1.82) is 0 Å². The second-order valence-electron chi connectivity index (χ2n) is 3.72. The highest BCUT2D eigenvalue weighted by Gasteiger charge is 2.19. The highest BCUT2D eigenvalue weighted by atomic mass is 35.5. The third-order valence-electron chi connectivity index (χ3n) is 2.29. The zero-order chi connectivity index (χ0) is 12.2. The summed E-state index contributed by atoms with van der Waals surface area (Å²) in [5.41, 5.74) is 2.36. The van der Waals surface area contributed by atoms with Crippen molar-refractivity contribution < 1.29 is 8.42 Å². The van der Waals surface area contributed by atoms with Crippen LogP contribution >= 0.6 is 23.2 Å². The number of rotatable bonds is 5. The van der Waals surface area contributed by atoms with Gasteiger partial charge in [-0.15, -0.1) is 0 Å². The van der Waals surface area contributed by atoms with E-state index in [1.165, 1.54) is 5.56 Å². The summed E-state index contributed by atoms with van der Waals surface area (Å²) in [5, 5.41) is 0. The number of aryl methyl sites for hydroxylation is 2. The van der Waals surface area contributed by atoms with E-state index in [0.29, 0.717) is 6.04 Å². The summed E-state index contributed by atoms with van der Waals surface area (Å²) in [6.45, 7) is 2.02. The maximum absolute atomic E-state index is 11.4. The van der Waals surface area contributed by atoms with Crippen LogP contribution in [0.2, 0.25) is 6.04 Å². The first-order chi connectivity index (χ1) is 7.42. The molecule has 0 spiro atoms. The van der Waals surface area contributed by atoms with Crippen molar-refractivity contribution in [3.63, 3.8) is 0 Å². The van der Waals surface area contributed by atoms with Crippen LogP contribution in [0.4, 0.5) is 0 Å². The second kappa shape index (κ2) is 6.05. The van der Waals surface area contributed by atoms with Crippen molar-refractivity contribution in [1.82, 2.24) is 0 Å². The van der Waals surface area contributed by atoms with E-state index in [-0.39, 0.29) is 0 Å². The molecular weight excluding hydrogens is 283 g/mol. The molecule has 1 aromatic carbocycles. The van der Waals surface area contributed by atoms with Crippen LogP contribution in [0.1, 0.15) is 11.1 Å². The first kappa shape index (κ1) is 14.0. The van der Waals surface area contributed by atoms with Crippen molar-refractivity contribution in [2.24, 2.45) is 0 Å². The molecular formula is C10H14Cl2O2SSi. The Morgan fingerprint density at radius 2 is 1.81 bits per heavy atom. The predicted octanol–water partition coefficient (Wildman–Crippen LogP) is 2.22. The maximum atomic E-state index is 11.4. The van der Waals surface area contributed by atoms with Crippen LogP contribution in [0.3, 0.4) is 0 Å². The van der Waals surface area contributed by atoms with Gasteiger partial charge in [-0.1, -0.05) is 53.0 Å². The largest absolute Gasteiger partial charge is 0.234 e. The number of hydrogen-bond acceptors (Lipinski definition) is 2. The lowest BCUT2D eigenvalue weighted by molar-refractivity contribution is 0.611. The molecule has 6 heteroatoms. The standard InChI is InChI=1S/C10H14Cl2O2SSi/c1-8-2-4-9(5-3-8)6-7-16-15(13,14)10(11)12/h2-5,10H,6-7,16H2,1H3. The average molecular weight is 297 g/mol. The van der Waals surface area contributed by atoms with E-state index >= 15 is 0 Å². The summed E-state index contributed by atoms with van der Waals surface area (Å²) in [4.78, 5) is 0. The third kappa shape index (κ3) is 4.45. The van der Waals surface area contributed by atoms with Gasteiger partial charge in [0.2, 0.25) is 4.17 Å². The molecule has 0 amide bonds. The molecule has 0 aliphatic carbocycles. The van der Waals surface area contributed by atoms with Crippen molar-refractivity contribution >= 4 is 41.2 Å². The van der Waals surface area contributed by atoms with Gasteiger partial charge in [-0.05, 0) is 25.0 Å². The number of benzene rings is 1. The molecule has 90 valence electrons. The molecule has 0 heterocycles. The molecule has 0 saturated heterocycles. The van der Waals surface area contributed by atoms with Gasteiger partial charge in [0.1, 0.15) is 9.29 Å². The van der Waals surface area contributed by atoms with Gasteiger partial charge < -0.3 is 0 Å². The lowest BCUT2D eigenvalue weighted by Gasteiger charge is -2.04. The zero-order valence-electron chi connectivity index (χ0n) is 8.99. The fraction of sp³-hybridized carbons (Fsp3) is 0.400. The number of hydrogen-bond donors (Lipinski definition) is 0. The fourth-order valence-corrected chi connectivity index (χ4v) is 6.23. The minimum Gasteiger partial charge on any atom is -0.234 e. The van der Waals surface area contributed by atoms with Crippen molar-refractivity contribution in [3.05, 3.63) is 35.4 Å². The molecule has 0 aliphatic heterocycles. The molecule has 0 saturated carbocycles. The molecule has 2 nitrogen and oxygen atoms in total. The quantitative estimate of drug-likeness (QED) is 0.617. The summed E-state index contributed by atoms with van der Waals surface area (Å²) >= 11 is 10.8. The molecule has 0 unspecified atom stereocenters. The first-order valence-corrected chi connectivity index (χ1v) is 10.3. The summed E-state index contributed by atoms with van der Waals surface area (Å²) in [5.74, 6) is 0. The van der Waals surface area contributed by atoms with Gasteiger partial charge >= 0.3 is 0 Å². The Balaban J connectivity index is 2.45. The van der Waals surface area contributed by atoms with Gasteiger partial charge in [0.15, 0.2) is 8.67 Å². The van der Waals surface area contributed by atoms with Crippen LogP contribution in [-0.2, 0) is 15.7 Å². The molecule has 0 aromatic heterocycles. The molecule has 1 aromatic rings. The van der Waals surface area contributed by atoms with Crippen LogP contribution in [0.25, 0.3) is 0 Å². The summed E-state index contributed by atoms with van der Waals surface area (Å²) in [6.07, 6.45) is 0.784. The van der Waals surface area contributed by atoms with Crippen LogP contribution in [0, 0.1) is 6.92 Å². The van der Waals surface area contributed by atoms with Gasteiger partial charge in [0, 0.05) is 0 Å². The van der Waals surface area contributed by atoms with Gasteiger partial charge in [0.25, 0.3) is 0 Å². The number of alkyl halides is 2. The van der Waals surface area contributed by atoms with Crippen LogP contribution in [-0.4, -0.2) is 21.3 Å². The highest BCUT2D eigenvalue weighted by molar-refractivity contribution is 8.17. The first-order valence-electron chi connectivity index (χ1n) is 4.97. The van der Waals surface area contributed by atoms with Gasteiger partial charge in [-0.25, -0.2) is 8.42 Å². The monoisotopic (exact) mass is 296 g/mol. The average Bonchev–Trinajstić information content (AvgIpc) is 2.20. The Hall–Kier alpha value is -0.0331. The molecule has 0 radical (unpaired) electrons. The smallest absolute Gasteiger partial charge is 0.201 e. The summed E-state index contributed by atoms with van der Waals surface area (Å²) in [6, 6.07) is 8.78. The lowest BCUT2D eigenvalue weighted by Crippen LogP contribution is -2.17. The fourth-order valence-electron chi connectivity index (χ4n) is 1.32. The molecule has 1 rings (SSSR count).